The van der Waals surface area contributed by atoms with Gasteiger partial charge < -0.3 is 10.8 Å². The first-order valence-corrected chi connectivity index (χ1v) is 6.18. The van der Waals surface area contributed by atoms with Gasteiger partial charge in [0.2, 0.25) is 0 Å². The Balaban J connectivity index is 2.67. The van der Waals surface area contributed by atoms with Crippen LogP contribution < -0.4 is 5.73 Å². The highest BCUT2D eigenvalue weighted by molar-refractivity contribution is 6.30. The number of benzene rings is 2. The summed E-state index contributed by atoms with van der Waals surface area (Å²) in [5.74, 6) is -0.816. The van der Waals surface area contributed by atoms with E-state index < -0.39 is 11.5 Å². The Morgan fingerprint density at radius 2 is 1.84 bits per heavy atom. The Morgan fingerprint density at radius 1 is 1.21 bits per heavy atom. The molecule has 4 heteroatoms. The van der Waals surface area contributed by atoms with E-state index in [0.29, 0.717) is 21.7 Å². The number of primary amides is 1. The number of nitrogens with two attached hydrogens (primary N) is 1. The molecule has 0 saturated heterocycles. The molecule has 0 fully saturated rings. The fraction of sp³-hybridized carbons (Fsp3) is 0.133. The van der Waals surface area contributed by atoms with Crippen molar-refractivity contribution in [1.82, 2.24) is 0 Å². The summed E-state index contributed by atoms with van der Waals surface area (Å²) in [5, 5.41) is 11.3. The summed E-state index contributed by atoms with van der Waals surface area (Å²) in [6, 6.07) is 13.6. The van der Waals surface area contributed by atoms with E-state index in [1.54, 1.807) is 55.5 Å². The molecular weight excluding hydrogens is 262 g/mol. The van der Waals surface area contributed by atoms with Gasteiger partial charge in [-0.15, -0.1) is 0 Å². The molecule has 0 aromatic heterocycles. The molecule has 0 aliphatic rings. The third kappa shape index (κ3) is 2.35. The number of rotatable bonds is 3. The molecule has 0 heterocycles. The van der Waals surface area contributed by atoms with Gasteiger partial charge in [0.05, 0.1) is 0 Å². The number of carbonyl (C=O) groups excluding carboxylic acids is 1. The summed E-state index contributed by atoms with van der Waals surface area (Å²) in [6.07, 6.45) is 0. The number of aliphatic hydroxyl groups is 1. The maximum absolute atomic E-state index is 11.8. The largest absolute Gasteiger partial charge is 0.372 e. The van der Waals surface area contributed by atoms with Gasteiger partial charge >= 0.3 is 0 Å². The molecule has 0 aliphatic carbocycles. The van der Waals surface area contributed by atoms with Crippen molar-refractivity contribution in [3.05, 3.63) is 70.2 Å². The molecule has 2 aromatic carbocycles. The number of hydrogen-bond donors (Lipinski definition) is 2. The number of aryl methyl sites for hydroxylation is 1. The minimum absolute atomic E-state index is 0.438. The van der Waals surface area contributed by atoms with Crippen LogP contribution in [0.5, 0.6) is 0 Å². The summed E-state index contributed by atoms with van der Waals surface area (Å²) in [5.41, 5.74) is 5.15. The summed E-state index contributed by atoms with van der Waals surface area (Å²) in [7, 11) is 0. The fourth-order valence-corrected chi connectivity index (χ4v) is 2.37. The second-order valence-electron chi connectivity index (χ2n) is 4.40. The Labute approximate surface area is 116 Å². The lowest BCUT2D eigenvalue weighted by molar-refractivity contribution is -0.133. The molecule has 0 aliphatic heterocycles. The van der Waals surface area contributed by atoms with Crippen LogP contribution in [0.2, 0.25) is 5.02 Å². The molecule has 1 amide bonds. The number of amides is 1. The minimum Gasteiger partial charge on any atom is -0.372 e. The highest BCUT2D eigenvalue weighted by Gasteiger charge is 2.39. The van der Waals surface area contributed by atoms with E-state index in [4.69, 9.17) is 17.3 Å². The van der Waals surface area contributed by atoms with E-state index in [1.165, 1.54) is 0 Å². The molecule has 19 heavy (non-hydrogen) atoms. The monoisotopic (exact) mass is 275 g/mol. The fourth-order valence-electron chi connectivity index (χ4n) is 2.14. The Bertz CT molecular complexity index is 613. The molecule has 2 aromatic rings. The highest BCUT2D eigenvalue weighted by atomic mass is 35.5. The van der Waals surface area contributed by atoms with Crippen molar-refractivity contribution in [3.8, 4) is 0 Å². The minimum atomic E-state index is -1.85. The third-order valence-electron chi connectivity index (χ3n) is 3.13. The normalized spacial score (nSPS) is 13.8. The van der Waals surface area contributed by atoms with Gasteiger partial charge in [-0.3, -0.25) is 4.79 Å². The summed E-state index contributed by atoms with van der Waals surface area (Å²) >= 11 is 5.89. The third-order valence-corrected chi connectivity index (χ3v) is 3.36. The molecule has 0 bridgehead atoms. The summed E-state index contributed by atoms with van der Waals surface area (Å²) in [6.45, 7) is 1.78. The second kappa shape index (κ2) is 5.03. The van der Waals surface area contributed by atoms with Gasteiger partial charge in [-0.05, 0) is 30.2 Å². The number of carbonyl (C=O) groups is 1. The first kappa shape index (κ1) is 13.6. The van der Waals surface area contributed by atoms with E-state index in [2.05, 4.69) is 0 Å². The molecule has 3 nitrogen and oxygen atoms in total. The smallest absolute Gasteiger partial charge is 0.258 e. The van der Waals surface area contributed by atoms with Crippen LogP contribution in [0.1, 0.15) is 16.7 Å². The number of hydrogen-bond acceptors (Lipinski definition) is 2. The van der Waals surface area contributed by atoms with E-state index in [0.717, 1.165) is 0 Å². The average molecular weight is 276 g/mol. The van der Waals surface area contributed by atoms with Crippen LogP contribution in [-0.2, 0) is 10.4 Å². The summed E-state index contributed by atoms with van der Waals surface area (Å²) < 4.78 is 0. The van der Waals surface area contributed by atoms with Crippen LogP contribution >= 0.6 is 11.6 Å². The zero-order valence-electron chi connectivity index (χ0n) is 10.4. The molecule has 98 valence electrons. The lowest BCUT2D eigenvalue weighted by Crippen LogP contribution is -2.42. The first-order valence-electron chi connectivity index (χ1n) is 5.80. The van der Waals surface area contributed by atoms with Crippen LogP contribution in [0.25, 0.3) is 0 Å². The molecule has 1 unspecified atom stereocenters. The Morgan fingerprint density at radius 3 is 2.37 bits per heavy atom. The molecule has 3 N–H and O–H groups in total. The maximum atomic E-state index is 11.8. The maximum Gasteiger partial charge on any atom is 0.258 e. The van der Waals surface area contributed by atoms with Gasteiger partial charge in [0.1, 0.15) is 0 Å². The lowest BCUT2D eigenvalue weighted by atomic mass is 9.83. The first-order chi connectivity index (χ1) is 8.96. The number of halogens is 1. The zero-order valence-corrected chi connectivity index (χ0v) is 11.2. The van der Waals surface area contributed by atoms with E-state index in [-0.39, 0.29) is 0 Å². The van der Waals surface area contributed by atoms with Crippen molar-refractivity contribution in [2.45, 2.75) is 12.5 Å². The zero-order chi connectivity index (χ0) is 14.0. The van der Waals surface area contributed by atoms with Crippen molar-refractivity contribution in [2.24, 2.45) is 5.73 Å². The average Bonchev–Trinajstić information content (AvgIpc) is 2.38. The van der Waals surface area contributed by atoms with Gasteiger partial charge in [-0.2, -0.15) is 0 Å². The topological polar surface area (TPSA) is 63.3 Å². The SMILES string of the molecule is Cc1cc(Cl)ccc1C(O)(C(N)=O)c1ccccc1. The lowest BCUT2D eigenvalue weighted by Gasteiger charge is -2.27. The van der Waals surface area contributed by atoms with Gasteiger partial charge in [0.25, 0.3) is 5.91 Å². The predicted octanol–water partition coefficient (Wildman–Crippen LogP) is 2.37. The Kier molecular flexibility index (Phi) is 3.60. The van der Waals surface area contributed by atoms with E-state index in [9.17, 15) is 9.90 Å². The highest BCUT2D eigenvalue weighted by Crippen LogP contribution is 2.32. The molecular formula is C15H14ClNO2. The second-order valence-corrected chi connectivity index (χ2v) is 4.84. The molecule has 1 atom stereocenters. The van der Waals surface area contributed by atoms with Gasteiger partial charge in [-0.25, -0.2) is 0 Å². The predicted molar refractivity (Wildman–Crippen MR) is 74.8 cm³/mol. The van der Waals surface area contributed by atoms with Crippen LogP contribution in [0.4, 0.5) is 0 Å². The van der Waals surface area contributed by atoms with Crippen molar-refractivity contribution >= 4 is 17.5 Å². The van der Waals surface area contributed by atoms with Crippen LogP contribution in [0.3, 0.4) is 0 Å². The molecule has 0 spiro atoms. The van der Waals surface area contributed by atoms with Crippen molar-refractivity contribution in [2.75, 3.05) is 0 Å². The van der Waals surface area contributed by atoms with Crippen LogP contribution in [0.15, 0.2) is 48.5 Å². The van der Waals surface area contributed by atoms with Crippen molar-refractivity contribution in [1.29, 1.82) is 0 Å². The molecule has 2 rings (SSSR count). The molecule has 0 radical (unpaired) electrons. The van der Waals surface area contributed by atoms with Gasteiger partial charge in [0.15, 0.2) is 5.60 Å². The quantitative estimate of drug-likeness (QED) is 0.903. The van der Waals surface area contributed by atoms with Crippen molar-refractivity contribution < 1.29 is 9.90 Å². The molecule has 0 saturated carbocycles. The summed E-state index contributed by atoms with van der Waals surface area (Å²) in [4.78, 5) is 11.8. The van der Waals surface area contributed by atoms with Gasteiger partial charge in [-0.1, -0.05) is 48.0 Å². The standard InChI is InChI=1S/C15H14ClNO2/c1-10-9-12(16)7-8-13(10)15(19,14(17)18)11-5-3-2-4-6-11/h2-9,19H,1H3,(H2,17,18). The van der Waals surface area contributed by atoms with Crippen molar-refractivity contribution in [3.63, 3.8) is 0 Å². The van der Waals surface area contributed by atoms with Gasteiger partial charge in [0, 0.05) is 10.6 Å². The Hall–Kier alpha value is -1.84. The van der Waals surface area contributed by atoms with E-state index >= 15 is 0 Å². The van der Waals surface area contributed by atoms with Crippen LogP contribution in [-0.4, -0.2) is 11.0 Å². The van der Waals surface area contributed by atoms with E-state index in [1.807, 2.05) is 0 Å². The van der Waals surface area contributed by atoms with Crippen LogP contribution in [0, 0.1) is 6.92 Å².